The topological polar surface area (TPSA) is 26.3 Å². The van der Waals surface area contributed by atoms with Crippen molar-refractivity contribution in [3.63, 3.8) is 0 Å². The van der Waals surface area contributed by atoms with Crippen molar-refractivity contribution in [2.24, 2.45) is 0 Å². The molecule has 80 valence electrons. The average Bonchev–Trinajstić information content (AvgIpc) is 2.20. The Bertz CT molecular complexity index is 416. The van der Waals surface area contributed by atoms with Crippen LogP contribution < -0.4 is 4.74 Å². The molecule has 1 aromatic rings. The summed E-state index contributed by atoms with van der Waals surface area (Å²) in [6, 6.07) is 6.84. The molecular weight excluding hydrogens is 509 g/mol. The van der Waals surface area contributed by atoms with Crippen molar-refractivity contribution in [3.05, 3.63) is 35.4 Å². The van der Waals surface area contributed by atoms with Gasteiger partial charge >= 0.3 is 5.97 Å². The van der Waals surface area contributed by atoms with Crippen LogP contribution in [-0.4, -0.2) is 5.97 Å². The van der Waals surface area contributed by atoms with Crippen molar-refractivity contribution in [2.75, 3.05) is 0 Å². The summed E-state index contributed by atoms with van der Waals surface area (Å²) in [4.78, 5) is 11.5. The first-order chi connectivity index (χ1) is 7.02. The predicted octanol–water partition coefficient (Wildman–Crippen LogP) is 4.68. The highest BCUT2D eigenvalue weighted by Crippen LogP contribution is 2.28. The molecule has 0 saturated heterocycles. The molecule has 15 heavy (non-hydrogen) atoms. The molecule has 0 aromatic heterocycles. The highest BCUT2D eigenvalue weighted by atomic mass is 127. The van der Waals surface area contributed by atoms with Gasteiger partial charge in [-0.15, -0.1) is 0 Å². The highest BCUT2D eigenvalue weighted by Gasteiger charge is 2.13. The molecule has 0 amide bonds. The Labute approximate surface area is 128 Å². The van der Waals surface area contributed by atoms with Gasteiger partial charge in [-0.2, -0.15) is 0 Å². The minimum atomic E-state index is -0.426. The second kappa shape index (κ2) is 6.41. The molecule has 1 rings (SSSR count). The molecule has 2 nitrogen and oxygen atoms in total. The molecule has 0 radical (unpaired) electrons. The lowest BCUT2D eigenvalue weighted by molar-refractivity contribution is -0.129. The first-order valence-electron chi connectivity index (χ1n) is 3.70. The van der Waals surface area contributed by atoms with Gasteiger partial charge in [0.25, 0.3) is 0 Å². The zero-order valence-corrected chi connectivity index (χ0v) is 13.8. The molecule has 6 heteroatoms. The van der Waals surface area contributed by atoms with E-state index in [1.807, 2.05) is 45.2 Å². The molecule has 0 unspecified atom stereocenters. The number of rotatable bonds is 2. The van der Waals surface area contributed by atoms with Gasteiger partial charge in [-0.1, -0.05) is 23.7 Å². The lowest BCUT2D eigenvalue weighted by Crippen LogP contribution is -2.08. The maximum absolute atomic E-state index is 11.5. The normalized spacial score (nSPS) is 12.0. The second-order valence-electron chi connectivity index (χ2n) is 2.39. The van der Waals surface area contributed by atoms with Crippen LogP contribution in [0.15, 0.2) is 30.3 Å². The smallest absolute Gasteiger partial charge is 0.351 e. The fraction of sp³-hybridized carbons (Fsp3) is 0. The van der Waals surface area contributed by atoms with E-state index in [4.69, 9.17) is 16.3 Å². The second-order valence-corrected chi connectivity index (χ2v) is 7.23. The largest absolute Gasteiger partial charge is 0.421 e. The first kappa shape index (κ1) is 13.7. The van der Waals surface area contributed by atoms with Gasteiger partial charge in [0.15, 0.2) is 0 Å². The number of halogens is 4. The molecule has 0 aliphatic heterocycles. The van der Waals surface area contributed by atoms with Crippen molar-refractivity contribution in [1.29, 1.82) is 0 Å². The third-order valence-corrected chi connectivity index (χ3v) is 5.39. The third-order valence-electron chi connectivity index (χ3n) is 1.38. The molecular formula is C9H4BrClI2O2. The van der Waals surface area contributed by atoms with Crippen LogP contribution in [-0.2, 0) is 4.79 Å². The van der Waals surface area contributed by atoms with Crippen molar-refractivity contribution in [3.8, 4) is 5.75 Å². The Balaban J connectivity index is 2.85. The Kier molecular flexibility index (Phi) is 5.86. The zero-order valence-electron chi connectivity index (χ0n) is 7.14. The fourth-order valence-corrected chi connectivity index (χ4v) is 1.42. The average molecular weight is 513 g/mol. The van der Waals surface area contributed by atoms with Crippen molar-refractivity contribution < 1.29 is 9.53 Å². The van der Waals surface area contributed by atoms with Crippen molar-refractivity contribution in [1.82, 2.24) is 0 Å². The number of hydrogen-bond acceptors (Lipinski definition) is 2. The van der Waals surface area contributed by atoms with E-state index in [2.05, 4.69) is 15.9 Å². The lowest BCUT2D eigenvalue weighted by Gasteiger charge is -2.05. The quantitative estimate of drug-likeness (QED) is 0.249. The van der Waals surface area contributed by atoms with E-state index in [-0.39, 0.29) is 0 Å². The summed E-state index contributed by atoms with van der Waals surface area (Å²) in [5.74, 6) is -0.0616. The van der Waals surface area contributed by atoms with E-state index >= 15 is 0 Å². The number of ether oxygens (including phenoxy) is 1. The van der Waals surface area contributed by atoms with Gasteiger partial charge in [-0.25, -0.2) is 4.79 Å². The molecule has 0 bridgehead atoms. The van der Waals surface area contributed by atoms with Crippen LogP contribution in [0.1, 0.15) is 0 Å². The molecule has 0 spiro atoms. The van der Waals surface area contributed by atoms with Gasteiger partial charge in [0.05, 0.1) is 7.51 Å². The molecule has 0 heterocycles. The summed E-state index contributed by atoms with van der Waals surface area (Å²) in [5, 5.41) is 0.416. The summed E-state index contributed by atoms with van der Waals surface area (Å²) in [7, 11) is 0. The zero-order chi connectivity index (χ0) is 11.4. The fourth-order valence-electron chi connectivity index (χ4n) is 0.749. The molecule has 1 aromatic carbocycles. The van der Waals surface area contributed by atoms with Gasteiger partial charge in [-0.3, -0.25) is 0 Å². The Morgan fingerprint density at radius 2 is 1.93 bits per heavy atom. The Hall–Kier alpha value is 0.660. The molecule has 0 aliphatic rings. The molecule has 0 saturated carbocycles. The maximum Gasteiger partial charge on any atom is 0.351 e. The minimum Gasteiger partial charge on any atom is -0.421 e. The van der Waals surface area contributed by atoms with E-state index in [1.165, 1.54) is 0 Å². The minimum absolute atomic E-state index is 0.364. The highest BCUT2D eigenvalue weighted by molar-refractivity contribution is 14.1. The van der Waals surface area contributed by atoms with Gasteiger partial charge < -0.3 is 4.74 Å². The van der Waals surface area contributed by atoms with E-state index in [9.17, 15) is 4.79 Å². The van der Waals surface area contributed by atoms with Crippen LogP contribution in [0, 0.1) is 0 Å². The number of carbonyl (C=O) groups excluding carboxylic acids is 1. The van der Waals surface area contributed by atoms with E-state index in [0.717, 1.165) is 0 Å². The maximum atomic E-state index is 11.5. The third kappa shape index (κ3) is 4.20. The van der Waals surface area contributed by atoms with Crippen molar-refractivity contribution >= 4 is 78.7 Å². The van der Waals surface area contributed by atoms with Crippen LogP contribution in [0.2, 0.25) is 5.02 Å². The van der Waals surface area contributed by atoms with E-state index < -0.39 is 5.97 Å². The summed E-state index contributed by atoms with van der Waals surface area (Å²) >= 11 is 12.9. The van der Waals surface area contributed by atoms with Gasteiger partial charge in [0.1, 0.15) is 9.33 Å². The monoisotopic (exact) mass is 512 g/mol. The van der Waals surface area contributed by atoms with E-state index in [0.29, 0.717) is 16.8 Å². The van der Waals surface area contributed by atoms with Crippen LogP contribution in [0.4, 0.5) is 0 Å². The van der Waals surface area contributed by atoms with Crippen LogP contribution in [0.3, 0.4) is 0 Å². The van der Waals surface area contributed by atoms with Crippen LogP contribution >= 0.6 is 72.7 Å². The molecule has 0 aliphatic carbocycles. The first-order valence-corrected chi connectivity index (χ1v) is 7.02. The number of carbonyl (C=O) groups is 1. The molecule has 0 fully saturated rings. The number of esters is 1. The van der Waals surface area contributed by atoms with Crippen LogP contribution in [0.5, 0.6) is 5.75 Å². The SMILES string of the molecule is O=C(Oc1ccccc1Cl)/C(I)=C(/Br)I. The molecule has 0 N–H and O–H groups in total. The number of para-hydroxylation sites is 1. The van der Waals surface area contributed by atoms with Gasteiger partial charge in [-0.05, 0) is 73.2 Å². The number of hydrogen-bond donors (Lipinski definition) is 0. The lowest BCUT2D eigenvalue weighted by atomic mass is 10.3. The Morgan fingerprint density at radius 1 is 1.33 bits per heavy atom. The van der Waals surface area contributed by atoms with Gasteiger partial charge in [0.2, 0.25) is 0 Å². The standard InChI is InChI=1S/C9H4BrClI2O2/c10-8(13)7(12)9(14)15-6-4-2-1-3-5(6)11/h1-4H/b8-7+. The number of benzene rings is 1. The Morgan fingerprint density at radius 3 is 2.47 bits per heavy atom. The van der Waals surface area contributed by atoms with Gasteiger partial charge in [0, 0.05) is 0 Å². The predicted molar refractivity (Wildman–Crippen MR) is 81.1 cm³/mol. The summed E-state index contributed by atoms with van der Waals surface area (Å²) < 4.78 is 6.28. The van der Waals surface area contributed by atoms with Crippen molar-refractivity contribution in [2.45, 2.75) is 0 Å². The summed E-state index contributed by atoms with van der Waals surface area (Å²) in [5.41, 5.74) is 0. The van der Waals surface area contributed by atoms with E-state index in [1.54, 1.807) is 24.3 Å². The summed E-state index contributed by atoms with van der Waals surface area (Å²) in [6.45, 7) is 0. The summed E-state index contributed by atoms with van der Waals surface area (Å²) in [6.07, 6.45) is 0. The van der Waals surface area contributed by atoms with Crippen LogP contribution in [0.25, 0.3) is 0 Å². The molecule has 0 atom stereocenters.